The molecule has 0 spiro atoms. The molecule has 0 fully saturated rings. The van der Waals surface area contributed by atoms with Crippen LogP contribution in [0.4, 0.5) is 4.39 Å². The van der Waals surface area contributed by atoms with E-state index in [0.29, 0.717) is 55.4 Å². The molecule has 0 saturated heterocycles. The molecule has 4 aromatic rings. The van der Waals surface area contributed by atoms with E-state index in [4.69, 9.17) is 19.3 Å². The Hall–Kier alpha value is -4.21. The lowest BCUT2D eigenvalue weighted by Gasteiger charge is -2.23. The number of rotatable bonds is 4. The molecule has 178 valence electrons. The standard InChI is InChI=1S/C25H22FN5O4/c1-33-23-5-4-19-24(29-23)20(6-7-27-19)31-13-14-10-15(2-3-18(14)30-31)28-25(32)16-11-21-22(12-17(16)26)35-9-8-34-21/h4-7,11-13,15H,2-3,8-10H2,1H3,(H,28,32). The van der Waals surface area contributed by atoms with Crippen LogP contribution in [0.3, 0.4) is 0 Å². The molecule has 1 aliphatic carbocycles. The number of carbonyl (C=O) groups is 1. The summed E-state index contributed by atoms with van der Waals surface area (Å²) in [4.78, 5) is 21.8. The molecule has 1 N–H and O–H groups in total. The molecule has 1 atom stereocenters. The smallest absolute Gasteiger partial charge is 0.254 e. The van der Waals surface area contributed by atoms with E-state index in [1.165, 1.54) is 12.1 Å². The first-order valence-electron chi connectivity index (χ1n) is 11.4. The van der Waals surface area contributed by atoms with E-state index in [9.17, 15) is 9.18 Å². The van der Waals surface area contributed by atoms with Gasteiger partial charge in [-0.15, -0.1) is 0 Å². The van der Waals surface area contributed by atoms with Crippen molar-refractivity contribution in [2.45, 2.75) is 25.3 Å². The van der Waals surface area contributed by atoms with Crippen molar-refractivity contribution in [2.75, 3.05) is 20.3 Å². The quantitative estimate of drug-likeness (QED) is 0.484. The second-order valence-electron chi connectivity index (χ2n) is 8.49. The lowest BCUT2D eigenvalue weighted by Crippen LogP contribution is -2.39. The highest BCUT2D eigenvalue weighted by molar-refractivity contribution is 5.95. The van der Waals surface area contributed by atoms with E-state index in [2.05, 4.69) is 15.3 Å². The number of ether oxygens (including phenoxy) is 3. The van der Waals surface area contributed by atoms with Crippen LogP contribution >= 0.6 is 0 Å². The summed E-state index contributed by atoms with van der Waals surface area (Å²) < 4.78 is 32.5. The van der Waals surface area contributed by atoms with Gasteiger partial charge in [-0.05, 0) is 43.0 Å². The van der Waals surface area contributed by atoms with Crippen LogP contribution in [0, 0.1) is 5.82 Å². The summed E-state index contributed by atoms with van der Waals surface area (Å²) in [7, 11) is 1.57. The van der Waals surface area contributed by atoms with Crippen LogP contribution in [-0.2, 0) is 12.8 Å². The maximum absolute atomic E-state index is 14.6. The van der Waals surface area contributed by atoms with Gasteiger partial charge >= 0.3 is 0 Å². The topological polar surface area (TPSA) is 100 Å². The van der Waals surface area contributed by atoms with Crippen molar-refractivity contribution < 1.29 is 23.4 Å². The Morgan fingerprint density at radius 2 is 2.03 bits per heavy atom. The molecule has 0 bridgehead atoms. The van der Waals surface area contributed by atoms with Gasteiger partial charge in [-0.2, -0.15) is 5.10 Å². The summed E-state index contributed by atoms with van der Waals surface area (Å²) in [6.45, 7) is 0.721. The average molecular weight is 475 g/mol. The highest BCUT2D eigenvalue weighted by Crippen LogP contribution is 2.33. The summed E-state index contributed by atoms with van der Waals surface area (Å²) in [5.74, 6) is 0.0821. The minimum Gasteiger partial charge on any atom is -0.486 e. The zero-order chi connectivity index (χ0) is 23.9. The summed E-state index contributed by atoms with van der Waals surface area (Å²) in [5, 5.41) is 7.73. The van der Waals surface area contributed by atoms with Crippen molar-refractivity contribution >= 4 is 16.9 Å². The second-order valence-corrected chi connectivity index (χ2v) is 8.49. The molecule has 35 heavy (non-hydrogen) atoms. The van der Waals surface area contributed by atoms with Gasteiger partial charge in [-0.3, -0.25) is 9.78 Å². The van der Waals surface area contributed by atoms with Gasteiger partial charge in [0.1, 0.15) is 24.5 Å². The Kier molecular flexibility index (Phi) is 5.20. The molecule has 10 heteroatoms. The molecule has 4 heterocycles. The third-order valence-corrected chi connectivity index (χ3v) is 6.28. The molecule has 2 aliphatic rings. The van der Waals surface area contributed by atoms with Gasteiger partial charge in [-0.25, -0.2) is 14.1 Å². The number of benzene rings is 1. The van der Waals surface area contributed by atoms with Gasteiger partial charge in [-0.1, -0.05) is 0 Å². The molecule has 6 rings (SSSR count). The van der Waals surface area contributed by atoms with Crippen LogP contribution in [0.25, 0.3) is 16.7 Å². The normalized spacial score (nSPS) is 16.6. The number of hydrogen-bond donors (Lipinski definition) is 1. The number of amides is 1. The van der Waals surface area contributed by atoms with Crippen molar-refractivity contribution in [1.82, 2.24) is 25.1 Å². The summed E-state index contributed by atoms with van der Waals surface area (Å²) in [6, 6.07) is 7.95. The van der Waals surface area contributed by atoms with Crippen LogP contribution in [0.1, 0.15) is 28.0 Å². The molecular weight excluding hydrogens is 453 g/mol. The highest BCUT2D eigenvalue weighted by atomic mass is 19.1. The van der Waals surface area contributed by atoms with Gasteiger partial charge in [0, 0.05) is 30.6 Å². The largest absolute Gasteiger partial charge is 0.486 e. The minimum atomic E-state index is -0.636. The zero-order valence-corrected chi connectivity index (χ0v) is 19.0. The van der Waals surface area contributed by atoms with Crippen LogP contribution in [0.15, 0.2) is 42.7 Å². The maximum atomic E-state index is 14.6. The van der Waals surface area contributed by atoms with Gasteiger partial charge in [0.25, 0.3) is 5.91 Å². The van der Waals surface area contributed by atoms with Gasteiger partial charge < -0.3 is 19.5 Å². The van der Waals surface area contributed by atoms with Crippen molar-refractivity contribution in [2.24, 2.45) is 0 Å². The summed E-state index contributed by atoms with van der Waals surface area (Å²) >= 11 is 0. The van der Waals surface area contributed by atoms with Crippen molar-refractivity contribution in [3.63, 3.8) is 0 Å². The van der Waals surface area contributed by atoms with E-state index in [1.54, 1.807) is 24.1 Å². The van der Waals surface area contributed by atoms with Crippen LogP contribution in [0.2, 0.25) is 0 Å². The number of carbonyl (C=O) groups excluding carboxylic acids is 1. The molecule has 1 unspecified atom stereocenters. The number of fused-ring (bicyclic) bond motifs is 3. The number of aromatic nitrogens is 4. The Morgan fingerprint density at radius 3 is 2.86 bits per heavy atom. The van der Waals surface area contributed by atoms with Crippen LogP contribution in [-0.4, -0.2) is 52.0 Å². The number of pyridine rings is 2. The van der Waals surface area contributed by atoms with Crippen LogP contribution < -0.4 is 19.5 Å². The van der Waals surface area contributed by atoms with E-state index < -0.39 is 11.7 Å². The Balaban J connectivity index is 1.23. The first-order chi connectivity index (χ1) is 17.1. The summed E-state index contributed by atoms with van der Waals surface area (Å²) in [6.07, 6.45) is 5.65. The lowest BCUT2D eigenvalue weighted by molar-refractivity contribution is 0.0928. The first-order valence-corrected chi connectivity index (χ1v) is 11.4. The lowest BCUT2D eigenvalue weighted by atomic mass is 9.93. The predicted octanol–water partition coefficient (Wildman–Crippen LogP) is 3.02. The fraction of sp³-hybridized carbons (Fsp3) is 0.280. The number of methoxy groups -OCH3 is 1. The number of hydrogen-bond acceptors (Lipinski definition) is 7. The molecule has 1 amide bonds. The van der Waals surface area contributed by atoms with Crippen molar-refractivity contribution in [1.29, 1.82) is 0 Å². The monoisotopic (exact) mass is 475 g/mol. The Bertz CT molecular complexity index is 1450. The molecule has 9 nitrogen and oxygen atoms in total. The van der Waals surface area contributed by atoms with Gasteiger partial charge in [0.15, 0.2) is 11.5 Å². The van der Waals surface area contributed by atoms with E-state index in [-0.39, 0.29) is 11.6 Å². The number of nitrogens with zero attached hydrogens (tertiary/aromatic N) is 4. The van der Waals surface area contributed by atoms with E-state index in [1.807, 2.05) is 18.3 Å². The van der Waals surface area contributed by atoms with E-state index >= 15 is 0 Å². The second kappa shape index (κ2) is 8.53. The van der Waals surface area contributed by atoms with Gasteiger partial charge in [0.2, 0.25) is 5.88 Å². The number of aryl methyl sites for hydroxylation is 1. The fourth-order valence-corrected chi connectivity index (χ4v) is 4.54. The number of nitrogens with one attached hydrogen (secondary N) is 1. The highest BCUT2D eigenvalue weighted by Gasteiger charge is 2.26. The molecule has 1 aliphatic heterocycles. The third-order valence-electron chi connectivity index (χ3n) is 6.28. The Morgan fingerprint density at radius 1 is 1.20 bits per heavy atom. The van der Waals surface area contributed by atoms with Crippen LogP contribution in [0.5, 0.6) is 17.4 Å². The molecule has 0 radical (unpaired) electrons. The predicted molar refractivity (Wildman–Crippen MR) is 124 cm³/mol. The molecular formula is C25H22FN5O4. The first kappa shape index (κ1) is 21.3. The molecule has 3 aromatic heterocycles. The van der Waals surface area contributed by atoms with Crippen molar-refractivity contribution in [3.8, 4) is 23.1 Å². The fourth-order valence-electron chi connectivity index (χ4n) is 4.54. The third kappa shape index (κ3) is 3.90. The SMILES string of the molecule is COc1ccc2nccc(-n3cc4c(n3)CCC(NC(=O)c3cc5c(cc3F)OCCO5)C4)c2n1. The van der Waals surface area contributed by atoms with Crippen molar-refractivity contribution in [3.05, 3.63) is 65.4 Å². The maximum Gasteiger partial charge on any atom is 0.254 e. The zero-order valence-electron chi connectivity index (χ0n) is 19.0. The summed E-state index contributed by atoms with van der Waals surface area (Å²) in [5.41, 5.74) is 4.15. The van der Waals surface area contributed by atoms with Gasteiger partial charge in [0.05, 0.1) is 29.6 Å². The van der Waals surface area contributed by atoms with E-state index in [0.717, 1.165) is 22.5 Å². The molecule has 1 aromatic carbocycles. The minimum absolute atomic E-state index is 0.0565. The average Bonchev–Trinajstić information content (AvgIpc) is 3.30. The molecule has 0 saturated carbocycles. The number of halogens is 1. The Labute approximate surface area is 199 Å².